The molecule has 0 bridgehead atoms. The van der Waals surface area contributed by atoms with E-state index in [1.807, 2.05) is 35.7 Å². The molecule has 0 spiro atoms. The lowest BCUT2D eigenvalue weighted by Crippen LogP contribution is -2.22. The summed E-state index contributed by atoms with van der Waals surface area (Å²) in [5, 5.41) is 4.04. The number of nitrogens with zero attached hydrogens (tertiary/aromatic N) is 5. The van der Waals surface area contributed by atoms with Gasteiger partial charge in [0.1, 0.15) is 11.5 Å². The lowest BCUT2D eigenvalue weighted by atomic mass is 10.1. The van der Waals surface area contributed by atoms with Crippen molar-refractivity contribution in [1.82, 2.24) is 18.8 Å². The van der Waals surface area contributed by atoms with E-state index < -0.39 is 15.8 Å². The molecule has 30 heavy (non-hydrogen) atoms. The van der Waals surface area contributed by atoms with Crippen LogP contribution in [-0.4, -0.2) is 40.5 Å². The first-order chi connectivity index (χ1) is 14.4. The Morgan fingerprint density at radius 3 is 2.73 bits per heavy atom. The van der Waals surface area contributed by atoms with Gasteiger partial charge in [-0.25, -0.2) is 9.37 Å². The van der Waals surface area contributed by atoms with Crippen LogP contribution >= 0.6 is 0 Å². The van der Waals surface area contributed by atoms with Crippen LogP contribution in [-0.2, 0) is 10.0 Å². The van der Waals surface area contributed by atoms with Crippen LogP contribution in [0.15, 0.2) is 77.2 Å². The van der Waals surface area contributed by atoms with Crippen LogP contribution in [0, 0.1) is 12.7 Å². The first kappa shape index (κ1) is 19.7. The number of fused-ring (bicyclic) bond motifs is 1. The molecule has 0 N–H and O–H groups in total. The van der Waals surface area contributed by atoms with Gasteiger partial charge in [-0.05, 0) is 42.8 Å². The fourth-order valence-electron chi connectivity index (χ4n) is 3.04. The summed E-state index contributed by atoms with van der Waals surface area (Å²) in [7, 11) is -2.67. The minimum atomic E-state index is -3.97. The number of hydrazone groups is 1. The van der Waals surface area contributed by atoms with Gasteiger partial charge in [-0.2, -0.15) is 17.9 Å². The van der Waals surface area contributed by atoms with Crippen molar-refractivity contribution >= 4 is 21.9 Å². The van der Waals surface area contributed by atoms with Crippen LogP contribution in [0.5, 0.6) is 0 Å². The summed E-state index contributed by atoms with van der Waals surface area (Å²) < 4.78 is 41.3. The normalized spacial score (nSPS) is 12.0. The van der Waals surface area contributed by atoms with E-state index in [4.69, 9.17) is 0 Å². The summed E-state index contributed by atoms with van der Waals surface area (Å²) in [6.07, 6.45) is 8.41. The van der Waals surface area contributed by atoms with Gasteiger partial charge in [-0.3, -0.25) is 9.38 Å². The van der Waals surface area contributed by atoms with E-state index in [1.54, 1.807) is 18.6 Å². The van der Waals surface area contributed by atoms with Crippen molar-refractivity contribution in [1.29, 1.82) is 0 Å². The number of imidazole rings is 1. The van der Waals surface area contributed by atoms with Gasteiger partial charge in [0.15, 0.2) is 0 Å². The van der Waals surface area contributed by atoms with E-state index in [-0.39, 0.29) is 4.90 Å². The Balaban J connectivity index is 1.69. The molecule has 0 amide bonds. The number of pyridine rings is 2. The molecule has 0 saturated heterocycles. The number of sulfonamides is 1. The standard InChI is InChI=1S/C21H18FN5O2S/c1-15-9-21-24-12-18(27(21)14-20(15)16-5-4-8-23-11-16)13-25-26(2)30(28,29)19-7-3-6-17(22)10-19/h3-14H,1-2H3. The zero-order valence-electron chi connectivity index (χ0n) is 16.3. The second-order valence-electron chi connectivity index (χ2n) is 6.66. The minimum absolute atomic E-state index is 0.171. The third kappa shape index (κ3) is 3.67. The first-order valence-electron chi connectivity index (χ1n) is 9.03. The third-order valence-electron chi connectivity index (χ3n) is 4.65. The largest absolute Gasteiger partial charge is 0.298 e. The third-order valence-corrected chi connectivity index (χ3v) is 6.29. The van der Waals surface area contributed by atoms with Gasteiger partial charge >= 0.3 is 0 Å². The lowest BCUT2D eigenvalue weighted by molar-refractivity contribution is 0.489. The van der Waals surface area contributed by atoms with Crippen molar-refractivity contribution in [2.24, 2.45) is 5.10 Å². The molecule has 0 radical (unpaired) electrons. The molecule has 1 aromatic carbocycles. The maximum Gasteiger partial charge on any atom is 0.278 e. The Hall–Kier alpha value is -3.59. The molecule has 0 aliphatic carbocycles. The smallest absolute Gasteiger partial charge is 0.278 e. The summed E-state index contributed by atoms with van der Waals surface area (Å²) in [6, 6.07) is 10.6. The number of aromatic nitrogens is 3. The van der Waals surface area contributed by atoms with Crippen molar-refractivity contribution in [2.75, 3.05) is 7.05 Å². The number of hydrogen-bond acceptors (Lipinski definition) is 5. The Labute approximate surface area is 173 Å². The lowest BCUT2D eigenvalue weighted by Gasteiger charge is -2.13. The van der Waals surface area contributed by atoms with E-state index in [1.165, 1.54) is 31.5 Å². The Morgan fingerprint density at radius 2 is 2.00 bits per heavy atom. The van der Waals surface area contributed by atoms with Gasteiger partial charge in [0.05, 0.1) is 23.0 Å². The Morgan fingerprint density at radius 1 is 1.17 bits per heavy atom. The predicted molar refractivity (Wildman–Crippen MR) is 112 cm³/mol. The van der Waals surface area contributed by atoms with Crippen molar-refractivity contribution in [3.63, 3.8) is 0 Å². The molecule has 3 heterocycles. The molecule has 7 nitrogen and oxygen atoms in total. The van der Waals surface area contributed by atoms with Gasteiger partial charge in [0, 0.05) is 36.8 Å². The van der Waals surface area contributed by atoms with Crippen LogP contribution in [0.2, 0.25) is 0 Å². The molecule has 0 aliphatic heterocycles. The van der Waals surface area contributed by atoms with Crippen molar-refractivity contribution in [3.8, 4) is 11.1 Å². The fraction of sp³-hybridized carbons (Fsp3) is 0.0952. The Bertz CT molecular complexity index is 1350. The second kappa shape index (κ2) is 7.68. The SMILES string of the molecule is Cc1cc2ncc(C=NN(C)S(=O)(=O)c3cccc(F)c3)n2cc1-c1cccnc1. The van der Waals surface area contributed by atoms with Crippen molar-refractivity contribution in [2.45, 2.75) is 11.8 Å². The van der Waals surface area contributed by atoms with Crippen LogP contribution in [0.25, 0.3) is 16.8 Å². The topological polar surface area (TPSA) is 79.9 Å². The average molecular weight is 423 g/mol. The fourth-order valence-corrected chi connectivity index (χ4v) is 4.03. The summed E-state index contributed by atoms with van der Waals surface area (Å²) in [5.41, 5.74) is 4.27. The minimum Gasteiger partial charge on any atom is -0.298 e. The zero-order chi connectivity index (χ0) is 21.3. The highest BCUT2D eigenvalue weighted by Crippen LogP contribution is 2.24. The molecule has 152 valence electrons. The molecule has 3 aromatic heterocycles. The quantitative estimate of drug-likeness (QED) is 0.364. The number of halogens is 1. The van der Waals surface area contributed by atoms with Crippen molar-refractivity contribution in [3.05, 3.63) is 84.3 Å². The van der Waals surface area contributed by atoms with E-state index in [0.717, 1.165) is 27.2 Å². The van der Waals surface area contributed by atoms with E-state index in [0.29, 0.717) is 11.3 Å². The second-order valence-corrected chi connectivity index (χ2v) is 8.61. The molecular formula is C21H18FN5O2S. The first-order valence-corrected chi connectivity index (χ1v) is 10.5. The van der Waals surface area contributed by atoms with E-state index >= 15 is 0 Å². The summed E-state index contributed by atoms with van der Waals surface area (Å²) in [4.78, 5) is 8.35. The monoisotopic (exact) mass is 423 g/mol. The number of rotatable bonds is 5. The molecule has 4 rings (SSSR count). The van der Waals surface area contributed by atoms with Crippen LogP contribution in [0.3, 0.4) is 0 Å². The number of benzene rings is 1. The van der Waals surface area contributed by atoms with E-state index in [9.17, 15) is 12.8 Å². The molecule has 0 saturated carbocycles. The highest BCUT2D eigenvalue weighted by Gasteiger charge is 2.19. The van der Waals surface area contributed by atoms with E-state index in [2.05, 4.69) is 15.1 Å². The average Bonchev–Trinajstić information content (AvgIpc) is 3.13. The molecule has 9 heteroatoms. The molecule has 4 aromatic rings. The van der Waals surface area contributed by atoms with Crippen LogP contribution in [0.4, 0.5) is 4.39 Å². The van der Waals surface area contributed by atoms with Crippen molar-refractivity contribution < 1.29 is 12.8 Å². The van der Waals surface area contributed by atoms with Crippen LogP contribution in [0.1, 0.15) is 11.3 Å². The molecule has 0 fully saturated rings. The number of aryl methyl sites for hydroxylation is 1. The maximum absolute atomic E-state index is 13.4. The molecular weight excluding hydrogens is 405 g/mol. The summed E-state index contributed by atoms with van der Waals surface area (Å²) >= 11 is 0. The van der Waals surface area contributed by atoms with Gasteiger partial charge in [0.25, 0.3) is 10.0 Å². The highest BCUT2D eigenvalue weighted by molar-refractivity contribution is 7.89. The van der Waals surface area contributed by atoms with Gasteiger partial charge < -0.3 is 0 Å². The zero-order valence-corrected chi connectivity index (χ0v) is 17.1. The summed E-state index contributed by atoms with van der Waals surface area (Å²) in [5.74, 6) is -0.631. The van der Waals surface area contributed by atoms with Gasteiger partial charge in [-0.1, -0.05) is 12.1 Å². The molecule has 0 unspecified atom stereocenters. The number of hydrogen-bond donors (Lipinski definition) is 0. The predicted octanol–water partition coefficient (Wildman–Crippen LogP) is 3.50. The Kier molecular flexibility index (Phi) is 5.04. The van der Waals surface area contributed by atoms with Gasteiger partial charge in [0.2, 0.25) is 0 Å². The highest BCUT2D eigenvalue weighted by atomic mass is 32.2. The molecule has 0 atom stereocenters. The maximum atomic E-state index is 13.4. The van der Waals surface area contributed by atoms with Crippen LogP contribution < -0.4 is 0 Å². The summed E-state index contributed by atoms with van der Waals surface area (Å²) in [6.45, 7) is 1.99. The van der Waals surface area contributed by atoms with Gasteiger partial charge in [-0.15, -0.1) is 0 Å². The molecule has 0 aliphatic rings.